The molecular formula is C24H23F3N4O4. The predicted octanol–water partition coefficient (Wildman–Crippen LogP) is 3.77. The number of benzene rings is 1. The SMILES string of the molecule is CCO[C@H]1CN(c2cc(=O)n(C)c3ccc(C#N)nc23)CC[C@@H]1Oc1cccc(OC(F)(F)F)c1. The third-order valence-electron chi connectivity index (χ3n) is 5.73. The minimum absolute atomic E-state index is 0.216. The Balaban J connectivity index is 1.60. The van der Waals surface area contributed by atoms with E-state index in [9.17, 15) is 23.2 Å². The normalized spacial score (nSPS) is 18.3. The zero-order valence-corrected chi connectivity index (χ0v) is 19.1. The van der Waals surface area contributed by atoms with Crippen molar-refractivity contribution in [1.82, 2.24) is 9.55 Å². The maximum Gasteiger partial charge on any atom is 0.573 e. The largest absolute Gasteiger partial charge is 0.573 e. The summed E-state index contributed by atoms with van der Waals surface area (Å²) >= 11 is 0. The molecule has 4 rings (SSSR count). The van der Waals surface area contributed by atoms with Crippen LogP contribution in [0.1, 0.15) is 19.0 Å². The lowest BCUT2D eigenvalue weighted by Crippen LogP contribution is -2.50. The molecule has 3 aromatic rings. The maximum absolute atomic E-state index is 12.6. The number of anilines is 1. The van der Waals surface area contributed by atoms with Gasteiger partial charge in [-0.25, -0.2) is 4.98 Å². The summed E-state index contributed by atoms with van der Waals surface area (Å²) in [6, 6.07) is 12.1. The van der Waals surface area contributed by atoms with Crippen LogP contribution >= 0.6 is 0 Å². The van der Waals surface area contributed by atoms with Gasteiger partial charge in [0.25, 0.3) is 5.56 Å². The van der Waals surface area contributed by atoms with E-state index in [-0.39, 0.29) is 22.8 Å². The van der Waals surface area contributed by atoms with Gasteiger partial charge in [0.05, 0.1) is 11.2 Å². The Morgan fingerprint density at radius 1 is 1.17 bits per heavy atom. The van der Waals surface area contributed by atoms with Gasteiger partial charge in [0.15, 0.2) is 0 Å². The highest BCUT2D eigenvalue weighted by Crippen LogP contribution is 2.31. The van der Waals surface area contributed by atoms with E-state index < -0.39 is 18.6 Å². The standard InChI is InChI=1S/C24H23F3N4O4/c1-3-33-21-14-31(19-12-22(32)30(2)18-8-7-15(13-28)29-23(18)19)10-9-20(21)34-16-5-4-6-17(11-16)35-24(25,26)27/h4-8,11-12,20-21H,3,9-10,14H2,1-2H3/t20-,21-/m0/s1. The van der Waals surface area contributed by atoms with Crippen molar-refractivity contribution >= 4 is 16.7 Å². The number of pyridine rings is 2. The Bertz CT molecular complexity index is 1320. The second kappa shape index (κ2) is 9.84. The second-order valence-corrected chi connectivity index (χ2v) is 8.01. The van der Waals surface area contributed by atoms with Crippen molar-refractivity contribution in [2.45, 2.75) is 31.9 Å². The number of hydrogen-bond acceptors (Lipinski definition) is 7. The van der Waals surface area contributed by atoms with Gasteiger partial charge in [-0.2, -0.15) is 5.26 Å². The number of hydrogen-bond donors (Lipinski definition) is 0. The van der Waals surface area contributed by atoms with Crippen molar-refractivity contribution in [3.05, 3.63) is 58.5 Å². The summed E-state index contributed by atoms with van der Waals surface area (Å²) in [5.74, 6) is -0.138. The summed E-state index contributed by atoms with van der Waals surface area (Å²) in [5.41, 5.74) is 1.73. The molecular weight excluding hydrogens is 465 g/mol. The summed E-state index contributed by atoms with van der Waals surface area (Å²) in [7, 11) is 1.64. The number of halogens is 3. The molecule has 11 heteroatoms. The maximum atomic E-state index is 12.6. The smallest absolute Gasteiger partial charge is 0.487 e. The van der Waals surface area contributed by atoms with Gasteiger partial charge < -0.3 is 23.7 Å². The van der Waals surface area contributed by atoms with Crippen LogP contribution in [-0.2, 0) is 11.8 Å². The fraction of sp³-hybridized carbons (Fsp3) is 0.375. The minimum atomic E-state index is -4.80. The van der Waals surface area contributed by atoms with Crippen molar-refractivity contribution in [1.29, 1.82) is 5.26 Å². The first-order valence-electron chi connectivity index (χ1n) is 11.0. The Labute approximate surface area is 199 Å². The molecule has 0 unspecified atom stereocenters. The van der Waals surface area contributed by atoms with Crippen LogP contribution in [0.5, 0.6) is 11.5 Å². The van der Waals surface area contributed by atoms with Gasteiger partial charge in [-0.3, -0.25) is 4.79 Å². The van der Waals surface area contributed by atoms with Crippen LogP contribution in [0.15, 0.2) is 47.3 Å². The second-order valence-electron chi connectivity index (χ2n) is 8.01. The van der Waals surface area contributed by atoms with Crippen LogP contribution < -0.4 is 19.9 Å². The van der Waals surface area contributed by atoms with Crippen LogP contribution in [0, 0.1) is 11.3 Å². The number of aryl methyl sites for hydroxylation is 1. The molecule has 1 saturated heterocycles. The van der Waals surface area contributed by atoms with Gasteiger partial charge in [-0.05, 0) is 31.2 Å². The quantitative estimate of drug-likeness (QED) is 0.522. The Kier molecular flexibility index (Phi) is 6.84. The molecule has 1 aromatic carbocycles. The van der Waals surface area contributed by atoms with E-state index in [0.29, 0.717) is 42.8 Å². The molecule has 2 atom stereocenters. The molecule has 0 saturated carbocycles. The Hall–Kier alpha value is -3.78. The molecule has 1 aliphatic rings. The summed E-state index contributed by atoms with van der Waals surface area (Å²) in [4.78, 5) is 19.0. The number of nitrogens with zero attached hydrogens (tertiary/aromatic N) is 4. The van der Waals surface area contributed by atoms with E-state index in [4.69, 9.17) is 9.47 Å². The summed E-state index contributed by atoms with van der Waals surface area (Å²) in [6.45, 7) is 3.07. The third kappa shape index (κ3) is 5.49. The van der Waals surface area contributed by atoms with Gasteiger partial charge in [0, 0.05) is 45.3 Å². The Morgan fingerprint density at radius 3 is 2.66 bits per heavy atom. The topological polar surface area (TPSA) is 89.6 Å². The number of nitriles is 1. The third-order valence-corrected chi connectivity index (χ3v) is 5.73. The summed E-state index contributed by atoms with van der Waals surface area (Å²) < 4.78 is 55.1. The molecule has 0 bridgehead atoms. The van der Waals surface area contributed by atoms with E-state index in [0.717, 1.165) is 0 Å². The van der Waals surface area contributed by atoms with E-state index in [1.807, 2.05) is 17.9 Å². The van der Waals surface area contributed by atoms with Crippen molar-refractivity contribution in [2.75, 3.05) is 24.6 Å². The molecule has 0 spiro atoms. The van der Waals surface area contributed by atoms with Gasteiger partial charge in [-0.15, -0.1) is 13.2 Å². The Morgan fingerprint density at radius 2 is 1.94 bits per heavy atom. The van der Waals surface area contributed by atoms with Crippen LogP contribution in [0.4, 0.5) is 18.9 Å². The lowest BCUT2D eigenvalue weighted by atomic mass is 10.0. The number of piperidine rings is 1. The fourth-order valence-electron chi connectivity index (χ4n) is 4.16. The van der Waals surface area contributed by atoms with Crippen LogP contribution in [0.2, 0.25) is 0 Å². The van der Waals surface area contributed by atoms with Crippen molar-refractivity contribution in [3.63, 3.8) is 0 Å². The molecule has 35 heavy (non-hydrogen) atoms. The summed E-state index contributed by atoms with van der Waals surface area (Å²) in [5, 5.41) is 9.29. The minimum Gasteiger partial charge on any atom is -0.487 e. The first-order chi connectivity index (χ1) is 16.7. The highest BCUT2D eigenvalue weighted by molar-refractivity contribution is 5.88. The predicted molar refractivity (Wildman–Crippen MR) is 121 cm³/mol. The van der Waals surface area contributed by atoms with Crippen LogP contribution in [-0.4, -0.2) is 47.8 Å². The summed E-state index contributed by atoms with van der Waals surface area (Å²) in [6.07, 6.45) is -5.19. The van der Waals surface area contributed by atoms with Crippen LogP contribution in [0.25, 0.3) is 11.0 Å². The van der Waals surface area contributed by atoms with Crippen molar-refractivity contribution in [2.24, 2.45) is 7.05 Å². The molecule has 2 aromatic heterocycles. The molecule has 1 fully saturated rings. The van der Waals surface area contributed by atoms with E-state index in [1.54, 1.807) is 25.2 Å². The van der Waals surface area contributed by atoms with E-state index in [2.05, 4.69) is 9.72 Å². The van der Waals surface area contributed by atoms with Gasteiger partial charge >= 0.3 is 6.36 Å². The molecule has 3 heterocycles. The van der Waals surface area contributed by atoms with Crippen molar-refractivity contribution in [3.8, 4) is 17.6 Å². The first-order valence-corrected chi connectivity index (χ1v) is 11.0. The highest BCUT2D eigenvalue weighted by atomic mass is 19.4. The van der Waals surface area contributed by atoms with E-state index in [1.165, 1.54) is 28.8 Å². The molecule has 1 aliphatic heterocycles. The lowest BCUT2D eigenvalue weighted by molar-refractivity contribution is -0.274. The highest BCUT2D eigenvalue weighted by Gasteiger charge is 2.34. The van der Waals surface area contributed by atoms with Gasteiger partial charge in [-0.1, -0.05) is 6.07 Å². The number of alkyl halides is 3. The number of fused-ring (bicyclic) bond motifs is 1. The first kappa shape index (κ1) is 24.3. The lowest BCUT2D eigenvalue weighted by Gasteiger charge is -2.39. The number of rotatable bonds is 6. The van der Waals surface area contributed by atoms with Crippen molar-refractivity contribution < 1.29 is 27.4 Å². The van der Waals surface area contributed by atoms with Gasteiger partial charge in [0.1, 0.15) is 41.0 Å². The van der Waals surface area contributed by atoms with E-state index >= 15 is 0 Å². The van der Waals surface area contributed by atoms with Gasteiger partial charge in [0.2, 0.25) is 0 Å². The molecule has 0 radical (unpaired) electrons. The van der Waals surface area contributed by atoms with Crippen LogP contribution in [0.3, 0.4) is 0 Å². The molecule has 0 N–H and O–H groups in total. The fourth-order valence-corrected chi connectivity index (χ4v) is 4.16. The zero-order chi connectivity index (χ0) is 25.2. The zero-order valence-electron chi connectivity index (χ0n) is 19.1. The number of ether oxygens (including phenoxy) is 3. The molecule has 0 aliphatic carbocycles. The molecule has 184 valence electrons. The monoisotopic (exact) mass is 488 g/mol. The molecule has 0 amide bonds. The molecule has 8 nitrogen and oxygen atoms in total. The average Bonchev–Trinajstić information content (AvgIpc) is 2.81. The average molecular weight is 488 g/mol. The number of aromatic nitrogens is 2.